The summed E-state index contributed by atoms with van der Waals surface area (Å²) < 4.78 is 0.628. The third kappa shape index (κ3) is 2.80. The van der Waals surface area contributed by atoms with Gasteiger partial charge in [-0.1, -0.05) is 0 Å². The highest BCUT2D eigenvalue weighted by Gasteiger charge is 2.27. The SMILES string of the molecule is CC(C(=O)c1ccc(N)cc1)[N+](C)(C)C. The van der Waals surface area contributed by atoms with Crippen molar-refractivity contribution in [2.24, 2.45) is 0 Å². The quantitative estimate of drug-likeness (QED) is 0.464. The molecule has 0 fully saturated rings. The fraction of sp³-hybridized carbons (Fsp3) is 0.417. The van der Waals surface area contributed by atoms with Gasteiger partial charge >= 0.3 is 0 Å². The molecule has 3 heteroatoms. The molecule has 0 bridgehead atoms. The number of nitrogens with zero attached hydrogens (tertiary/aromatic N) is 1. The van der Waals surface area contributed by atoms with Crippen LogP contribution < -0.4 is 5.73 Å². The van der Waals surface area contributed by atoms with Gasteiger partial charge in [-0.3, -0.25) is 4.79 Å². The Hall–Kier alpha value is -1.35. The molecule has 0 aliphatic rings. The van der Waals surface area contributed by atoms with Crippen molar-refractivity contribution in [1.82, 2.24) is 0 Å². The Kier molecular flexibility index (Phi) is 3.15. The maximum atomic E-state index is 12.0. The molecule has 1 atom stereocenters. The summed E-state index contributed by atoms with van der Waals surface area (Å²) in [4.78, 5) is 12.0. The number of hydrogen-bond acceptors (Lipinski definition) is 2. The van der Waals surface area contributed by atoms with Crippen LogP contribution in [0.15, 0.2) is 24.3 Å². The molecule has 0 aromatic heterocycles. The number of carbonyl (C=O) groups excluding carboxylic acids is 1. The molecule has 2 N–H and O–H groups in total. The van der Waals surface area contributed by atoms with Gasteiger partial charge in [-0.25, -0.2) is 0 Å². The Morgan fingerprint density at radius 1 is 1.20 bits per heavy atom. The lowest BCUT2D eigenvalue weighted by Crippen LogP contribution is -2.47. The number of carbonyl (C=O) groups is 1. The minimum Gasteiger partial charge on any atom is -0.399 e. The van der Waals surface area contributed by atoms with Crippen LogP contribution in [0.3, 0.4) is 0 Å². The lowest BCUT2D eigenvalue weighted by molar-refractivity contribution is -0.883. The Bertz CT molecular complexity index is 349. The predicted octanol–water partition coefficient (Wildman–Crippen LogP) is 1.55. The van der Waals surface area contributed by atoms with Gasteiger partial charge in [-0.2, -0.15) is 0 Å². The zero-order valence-electron chi connectivity index (χ0n) is 9.82. The van der Waals surface area contributed by atoms with Gasteiger partial charge in [0.05, 0.1) is 21.1 Å². The third-order valence-corrected chi connectivity index (χ3v) is 2.74. The monoisotopic (exact) mass is 207 g/mol. The van der Waals surface area contributed by atoms with Crippen LogP contribution in [0.25, 0.3) is 0 Å². The molecule has 0 aliphatic carbocycles. The van der Waals surface area contributed by atoms with Crippen molar-refractivity contribution in [2.45, 2.75) is 13.0 Å². The standard InChI is InChI=1S/C12H18N2O/c1-9(14(2,3)4)12(15)10-5-7-11(13)8-6-10/h5-9H,1-4H3,(H-,13,15)/p+1. The molecule has 3 nitrogen and oxygen atoms in total. The van der Waals surface area contributed by atoms with Gasteiger partial charge in [0, 0.05) is 11.3 Å². The molecule has 1 aromatic rings. The first-order chi connectivity index (χ1) is 6.82. The van der Waals surface area contributed by atoms with Crippen LogP contribution in [0.1, 0.15) is 17.3 Å². The summed E-state index contributed by atoms with van der Waals surface area (Å²) >= 11 is 0. The van der Waals surface area contributed by atoms with E-state index in [0.29, 0.717) is 10.2 Å². The van der Waals surface area contributed by atoms with Crippen LogP contribution in [-0.4, -0.2) is 37.5 Å². The number of nitrogen functional groups attached to an aromatic ring is 1. The topological polar surface area (TPSA) is 43.1 Å². The Balaban J connectivity index is 2.90. The molecule has 15 heavy (non-hydrogen) atoms. The second kappa shape index (κ2) is 4.03. The van der Waals surface area contributed by atoms with E-state index in [9.17, 15) is 4.79 Å². The fourth-order valence-electron chi connectivity index (χ4n) is 1.24. The molecule has 0 aliphatic heterocycles. The number of benzene rings is 1. The smallest absolute Gasteiger partial charge is 0.219 e. The van der Waals surface area contributed by atoms with Crippen molar-refractivity contribution in [1.29, 1.82) is 0 Å². The van der Waals surface area contributed by atoms with E-state index in [1.54, 1.807) is 24.3 Å². The Labute approximate surface area is 91.1 Å². The van der Waals surface area contributed by atoms with Gasteiger partial charge in [-0.05, 0) is 31.2 Å². The summed E-state index contributed by atoms with van der Waals surface area (Å²) in [6.45, 7) is 1.94. The average Bonchev–Trinajstić information content (AvgIpc) is 2.15. The number of ketones is 1. The van der Waals surface area contributed by atoms with Gasteiger partial charge in [0.15, 0.2) is 0 Å². The highest BCUT2D eigenvalue weighted by Crippen LogP contribution is 2.12. The van der Waals surface area contributed by atoms with Gasteiger partial charge < -0.3 is 10.2 Å². The maximum Gasteiger partial charge on any atom is 0.219 e. The molecule has 0 radical (unpaired) electrons. The number of Topliss-reactive ketones (excluding diaryl/α,β-unsaturated/α-hetero) is 1. The van der Waals surface area contributed by atoms with Gasteiger partial charge in [0.1, 0.15) is 6.04 Å². The van der Waals surface area contributed by atoms with Gasteiger partial charge in [0.2, 0.25) is 5.78 Å². The molecular formula is C12H19N2O+. The molecule has 0 amide bonds. The summed E-state index contributed by atoms with van der Waals surface area (Å²) in [6.07, 6.45) is 0. The molecule has 82 valence electrons. The lowest BCUT2D eigenvalue weighted by atomic mass is 10.0. The van der Waals surface area contributed by atoms with Gasteiger partial charge in [0.25, 0.3) is 0 Å². The molecule has 0 heterocycles. The average molecular weight is 207 g/mol. The van der Waals surface area contributed by atoms with E-state index >= 15 is 0 Å². The summed E-state index contributed by atoms with van der Waals surface area (Å²) in [5, 5.41) is 0. The molecule has 0 spiro atoms. The predicted molar refractivity (Wildman–Crippen MR) is 62.7 cm³/mol. The van der Waals surface area contributed by atoms with Crippen LogP contribution in [0.2, 0.25) is 0 Å². The van der Waals surface area contributed by atoms with E-state index in [1.807, 2.05) is 28.1 Å². The van der Waals surface area contributed by atoms with Gasteiger partial charge in [-0.15, -0.1) is 0 Å². The highest BCUT2D eigenvalue weighted by atomic mass is 16.1. The zero-order valence-corrected chi connectivity index (χ0v) is 9.82. The van der Waals surface area contributed by atoms with Crippen molar-refractivity contribution >= 4 is 11.5 Å². The fourth-order valence-corrected chi connectivity index (χ4v) is 1.24. The second-order valence-electron chi connectivity index (χ2n) is 4.78. The van der Waals surface area contributed by atoms with Crippen molar-refractivity contribution < 1.29 is 9.28 Å². The number of quaternary nitrogens is 1. The van der Waals surface area contributed by atoms with Crippen molar-refractivity contribution in [3.63, 3.8) is 0 Å². The maximum absolute atomic E-state index is 12.0. The summed E-state index contributed by atoms with van der Waals surface area (Å²) in [6, 6.07) is 7.03. The normalized spacial score (nSPS) is 13.6. The number of anilines is 1. The first-order valence-electron chi connectivity index (χ1n) is 5.03. The minimum absolute atomic E-state index is 0.0476. The molecule has 0 saturated heterocycles. The molecule has 0 saturated carbocycles. The van der Waals surface area contributed by atoms with Crippen molar-refractivity contribution in [3.8, 4) is 0 Å². The van der Waals surface area contributed by atoms with Crippen molar-refractivity contribution in [2.75, 3.05) is 26.9 Å². The van der Waals surface area contributed by atoms with Crippen molar-refractivity contribution in [3.05, 3.63) is 29.8 Å². The van der Waals surface area contributed by atoms with Crippen LogP contribution in [-0.2, 0) is 0 Å². The number of hydrogen-bond donors (Lipinski definition) is 1. The van der Waals surface area contributed by atoms with E-state index in [0.717, 1.165) is 5.56 Å². The molecule has 1 rings (SSSR count). The van der Waals surface area contributed by atoms with E-state index in [-0.39, 0.29) is 11.8 Å². The van der Waals surface area contributed by atoms with Crippen LogP contribution >= 0.6 is 0 Å². The first kappa shape index (κ1) is 11.7. The number of nitrogens with two attached hydrogens (primary N) is 1. The molecule has 1 aromatic carbocycles. The highest BCUT2D eigenvalue weighted by molar-refractivity contribution is 5.99. The Morgan fingerprint density at radius 3 is 2.07 bits per heavy atom. The Morgan fingerprint density at radius 2 is 1.67 bits per heavy atom. The van der Waals surface area contributed by atoms with E-state index in [4.69, 9.17) is 5.73 Å². The van der Waals surface area contributed by atoms with E-state index in [2.05, 4.69) is 0 Å². The summed E-state index contributed by atoms with van der Waals surface area (Å²) in [5.74, 6) is 0.155. The lowest BCUT2D eigenvalue weighted by Gasteiger charge is -2.30. The summed E-state index contributed by atoms with van der Waals surface area (Å²) in [5.41, 5.74) is 6.98. The first-order valence-corrected chi connectivity index (χ1v) is 5.03. The largest absolute Gasteiger partial charge is 0.399 e. The van der Waals surface area contributed by atoms with E-state index in [1.165, 1.54) is 0 Å². The summed E-state index contributed by atoms with van der Waals surface area (Å²) in [7, 11) is 6.04. The zero-order chi connectivity index (χ0) is 11.6. The molecular weight excluding hydrogens is 188 g/mol. The van der Waals surface area contributed by atoms with Crippen LogP contribution in [0, 0.1) is 0 Å². The third-order valence-electron chi connectivity index (χ3n) is 2.74. The minimum atomic E-state index is -0.0476. The number of likely N-dealkylation sites (N-methyl/N-ethyl adjacent to an activating group) is 1. The van der Waals surface area contributed by atoms with E-state index < -0.39 is 0 Å². The second-order valence-corrected chi connectivity index (χ2v) is 4.78. The molecule has 1 unspecified atom stereocenters. The number of rotatable bonds is 3. The van der Waals surface area contributed by atoms with Crippen LogP contribution in [0.5, 0.6) is 0 Å². The van der Waals surface area contributed by atoms with Crippen LogP contribution in [0.4, 0.5) is 5.69 Å².